The van der Waals surface area contributed by atoms with Gasteiger partial charge in [-0.15, -0.1) is 18.3 Å². The maximum absolute atomic E-state index is 12.5. The lowest BCUT2D eigenvalue weighted by molar-refractivity contribution is 0.0785. The highest BCUT2D eigenvalue weighted by molar-refractivity contribution is 7.98. The van der Waals surface area contributed by atoms with Gasteiger partial charge in [0.1, 0.15) is 0 Å². The molecule has 1 N–H and O–H groups in total. The van der Waals surface area contributed by atoms with Crippen LogP contribution in [0.2, 0.25) is 0 Å². The van der Waals surface area contributed by atoms with Crippen molar-refractivity contribution in [3.8, 4) is 0 Å². The largest absolute Gasteiger partial charge is 0.337 e. The molecule has 0 radical (unpaired) electrons. The molecular weight excluding hydrogens is 368 g/mol. The molecule has 0 atom stereocenters. The van der Waals surface area contributed by atoms with Crippen LogP contribution in [0.5, 0.6) is 0 Å². The summed E-state index contributed by atoms with van der Waals surface area (Å²) >= 11 is 1.67. The third-order valence-electron chi connectivity index (χ3n) is 3.75. The highest BCUT2D eigenvalue weighted by Gasteiger charge is 2.16. The summed E-state index contributed by atoms with van der Waals surface area (Å²) in [7, 11) is -1.87. The Kier molecular flexibility index (Phi) is 7.02. The number of thioether (sulfide) groups is 1. The van der Waals surface area contributed by atoms with Crippen LogP contribution in [0.4, 0.5) is 0 Å². The summed E-state index contributed by atoms with van der Waals surface area (Å²) in [4.78, 5) is 15.4. The fraction of sp³-hybridized carbons (Fsp3) is 0.211. The predicted octanol–water partition coefficient (Wildman–Crippen LogP) is 3.15. The maximum atomic E-state index is 12.5. The highest BCUT2D eigenvalue weighted by atomic mass is 32.2. The maximum Gasteiger partial charge on any atom is 0.253 e. The van der Waals surface area contributed by atoms with Crippen molar-refractivity contribution in [2.45, 2.75) is 16.3 Å². The van der Waals surface area contributed by atoms with Gasteiger partial charge in [-0.25, -0.2) is 13.1 Å². The Balaban J connectivity index is 2.07. The smallest absolute Gasteiger partial charge is 0.253 e. The van der Waals surface area contributed by atoms with Crippen molar-refractivity contribution in [1.82, 2.24) is 9.62 Å². The third-order valence-corrected chi connectivity index (χ3v) is 5.94. The van der Waals surface area contributed by atoms with Gasteiger partial charge in [0.2, 0.25) is 10.0 Å². The Bertz CT molecular complexity index is 861. The van der Waals surface area contributed by atoms with Gasteiger partial charge in [-0.1, -0.05) is 18.2 Å². The number of sulfonamides is 1. The zero-order valence-corrected chi connectivity index (χ0v) is 16.4. The van der Waals surface area contributed by atoms with E-state index in [9.17, 15) is 13.2 Å². The van der Waals surface area contributed by atoms with Crippen molar-refractivity contribution in [3.05, 3.63) is 72.3 Å². The highest BCUT2D eigenvalue weighted by Crippen LogP contribution is 2.17. The van der Waals surface area contributed by atoms with E-state index in [-0.39, 0.29) is 17.3 Å². The molecule has 1 amide bonds. The summed E-state index contributed by atoms with van der Waals surface area (Å²) in [6.07, 6.45) is 3.48. The second-order valence-electron chi connectivity index (χ2n) is 5.67. The number of hydrogen-bond acceptors (Lipinski definition) is 4. The van der Waals surface area contributed by atoms with Crippen LogP contribution in [0.1, 0.15) is 15.9 Å². The Morgan fingerprint density at radius 1 is 1.15 bits per heavy atom. The topological polar surface area (TPSA) is 66.5 Å². The third kappa shape index (κ3) is 5.20. The predicted molar refractivity (Wildman–Crippen MR) is 106 cm³/mol. The lowest BCUT2D eigenvalue weighted by Crippen LogP contribution is -2.26. The van der Waals surface area contributed by atoms with E-state index in [4.69, 9.17) is 0 Å². The van der Waals surface area contributed by atoms with Gasteiger partial charge in [-0.3, -0.25) is 4.79 Å². The zero-order valence-electron chi connectivity index (χ0n) is 14.8. The van der Waals surface area contributed by atoms with Crippen LogP contribution in [-0.4, -0.2) is 39.1 Å². The van der Waals surface area contributed by atoms with E-state index in [0.717, 1.165) is 5.56 Å². The van der Waals surface area contributed by atoms with Gasteiger partial charge in [0.15, 0.2) is 0 Å². The quantitative estimate of drug-likeness (QED) is 0.555. The number of nitrogens with zero attached hydrogens (tertiary/aromatic N) is 1. The van der Waals surface area contributed by atoms with Crippen molar-refractivity contribution >= 4 is 27.7 Å². The van der Waals surface area contributed by atoms with Gasteiger partial charge < -0.3 is 4.90 Å². The first-order chi connectivity index (χ1) is 12.4. The zero-order chi connectivity index (χ0) is 19.2. The van der Waals surface area contributed by atoms with Gasteiger partial charge in [0.05, 0.1) is 4.90 Å². The minimum absolute atomic E-state index is 0.117. The van der Waals surface area contributed by atoms with Crippen LogP contribution >= 0.6 is 11.8 Å². The van der Waals surface area contributed by atoms with Crippen LogP contribution in [0.15, 0.2) is 71.0 Å². The molecule has 7 heteroatoms. The van der Waals surface area contributed by atoms with Crippen LogP contribution in [-0.2, 0) is 16.6 Å². The summed E-state index contributed by atoms with van der Waals surface area (Å²) in [5.74, 6) is -0.165. The van der Waals surface area contributed by atoms with Gasteiger partial charge >= 0.3 is 0 Å². The van der Waals surface area contributed by atoms with Crippen molar-refractivity contribution in [2.24, 2.45) is 0 Å². The van der Waals surface area contributed by atoms with Gasteiger partial charge in [-0.2, -0.15) is 0 Å². The second kappa shape index (κ2) is 9.02. The number of rotatable bonds is 8. The summed E-state index contributed by atoms with van der Waals surface area (Å²) in [5.41, 5.74) is 1.47. The molecular formula is C19H22N2O3S2. The van der Waals surface area contributed by atoms with Gasteiger partial charge in [0.25, 0.3) is 5.91 Å². The molecule has 26 heavy (non-hydrogen) atoms. The van der Waals surface area contributed by atoms with Crippen LogP contribution in [0.25, 0.3) is 0 Å². The first-order valence-electron chi connectivity index (χ1n) is 7.96. The number of amides is 1. The molecule has 0 heterocycles. The molecule has 0 saturated carbocycles. The SMILES string of the molecule is C=CCNS(=O)(=O)c1ccc(C(=O)N(C)Cc2ccc(SC)cc2)cc1. The van der Waals surface area contributed by atoms with Gasteiger partial charge in [0, 0.05) is 30.6 Å². The van der Waals surface area contributed by atoms with Crippen LogP contribution in [0, 0.1) is 0 Å². The molecule has 0 bridgehead atoms. The summed E-state index contributed by atoms with van der Waals surface area (Å²) in [6.45, 7) is 4.11. The summed E-state index contributed by atoms with van der Waals surface area (Å²) in [6, 6.07) is 13.9. The Hall–Kier alpha value is -2.09. The molecule has 0 spiro atoms. The van der Waals surface area contributed by atoms with E-state index in [1.54, 1.807) is 23.7 Å². The Morgan fingerprint density at radius 3 is 2.31 bits per heavy atom. The average molecular weight is 391 g/mol. The first-order valence-corrected chi connectivity index (χ1v) is 10.7. The first kappa shape index (κ1) is 20.2. The van der Waals surface area contributed by atoms with Crippen molar-refractivity contribution in [1.29, 1.82) is 0 Å². The van der Waals surface area contributed by atoms with E-state index in [1.807, 2.05) is 30.5 Å². The number of carbonyl (C=O) groups excluding carboxylic acids is 1. The molecule has 5 nitrogen and oxygen atoms in total. The number of hydrogen-bond donors (Lipinski definition) is 1. The van der Waals surface area contributed by atoms with Crippen LogP contribution < -0.4 is 4.72 Å². The minimum atomic E-state index is -3.59. The molecule has 2 aromatic rings. The van der Waals surface area contributed by atoms with Crippen molar-refractivity contribution < 1.29 is 13.2 Å². The van der Waals surface area contributed by atoms with Crippen LogP contribution in [0.3, 0.4) is 0 Å². The van der Waals surface area contributed by atoms with E-state index in [0.29, 0.717) is 12.1 Å². The number of nitrogens with one attached hydrogen (secondary N) is 1. The van der Waals surface area contributed by atoms with E-state index < -0.39 is 10.0 Å². The van der Waals surface area contributed by atoms with Crippen molar-refractivity contribution in [3.63, 3.8) is 0 Å². The molecule has 0 aromatic heterocycles. The Labute approximate surface area is 159 Å². The van der Waals surface area contributed by atoms with E-state index >= 15 is 0 Å². The monoisotopic (exact) mass is 390 g/mol. The standard InChI is InChI=1S/C19H22N2O3S2/c1-4-13-20-26(23,24)18-11-7-16(8-12-18)19(22)21(2)14-15-5-9-17(25-3)10-6-15/h4-12,20H,1,13-14H2,2-3H3. The van der Waals surface area contributed by atoms with E-state index in [1.165, 1.54) is 35.2 Å². The molecule has 0 fully saturated rings. The normalized spacial score (nSPS) is 11.2. The number of carbonyl (C=O) groups is 1. The molecule has 0 aliphatic carbocycles. The molecule has 2 rings (SSSR count). The Morgan fingerprint density at radius 2 is 1.77 bits per heavy atom. The molecule has 0 saturated heterocycles. The lowest BCUT2D eigenvalue weighted by atomic mass is 10.1. The minimum Gasteiger partial charge on any atom is -0.337 e. The molecule has 138 valence electrons. The second-order valence-corrected chi connectivity index (χ2v) is 8.32. The van der Waals surface area contributed by atoms with Gasteiger partial charge in [-0.05, 0) is 48.2 Å². The number of benzene rings is 2. The summed E-state index contributed by atoms with van der Waals surface area (Å²) < 4.78 is 26.5. The molecule has 0 aliphatic heterocycles. The molecule has 0 unspecified atom stereocenters. The fourth-order valence-corrected chi connectivity index (χ4v) is 3.73. The lowest BCUT2D eigenvalue weighted by Gasteiger charge is -2.18. The van der Waals surface area contributed by atoms with Crippen molar-refractivity contribution in [2.75, 3.05) is 19.8 Å². The summed E-state index contributed by atoms with van der Waals surface area (Å²) in [5, 5.41) is 0. The fourth-order valence-electron chi connectivity index (χ4n) is 2.33. The average Bonchev–Trinajstić information content (AvgIpc) is 2.66. The van der Waals surface area contributed by atoms with E-state index in [2.05, 4.69) is 11.3 Å². The molecule has 0 aliphatic rings. The molecule has 2 aromatic carbocycles.